The Kier molecular flexibility index (Phi) is 4.57. The van der Waals surface area contributed by atoms with Crippen LogP contribution < -0.4 is 5.32 Å². The molecule has 2 aromatic rings. The van der Waals surface area contributed by atoms with Crippen LogP contribution >= 0.6 is 23.2 Å². The molecule has 0 heterocycles. The monoisotopic (exact) mass is 350 g/mol. The SMILES string of the molecule is CN[C@H]1CC[C@@H](c2ccc(Cl)c(Cl)c2)c2ccc([N+](=O)[O-])cc21. The van der Waals surface area contributed by atoms with Gasteiger partial charge in [-0.3, -0.25) is 10.1 Å². The van der Waals surface area contributed by atoms with Crippen LogP contribution in [0, 0.1) is 10.1 Å². The lowest BCUT2D eigenvalue weighted by molar-refractivity contribution is -0.385. The Balaban J connectivity index is 2.08. The molecular formula is C17H16Cl2N2O2. The molecule has 0 saturated carbocycles. The molecule has 0 unspecified atom stereocenters. The van der Waals surface area contributed by atoms with Crippen molar-refractivity contribution in [1.29, 1.82) is 0 Å². The van der Waals surface area contributed by atoms with Gasteiger partial charge in [0.15, 0.2) is 0 Å². The topological polar surface area (TPSA) is 55.2 Å². The summed E-state index contributed by atoms with van der Waals surface area (Å²) in [5, 5.41) is 15.4. The number of hydrogen-bond acceptors (Lipinski definition) is 3. The zero-order valence-electron chi connectivity index (χ0n) is 12.6. The summed E-state index contributed by atoms with van der Waals surface area (Å²) in [6.45, 7) is 0. The van der Waals surface area contributed by atoms with E-state index in [0.717, 1.165) is 29.5 Å². The van der Waals surface area contributed by atoms with E-state index in [2.05, 4.69) is 5.32 Å². The first-order valence-corrected chi connectivity index (χ1v) is 8.17. The number of fused-ring (bicyclic) bond motifs is 1. The Morgan fingerprint density at radius 3 is 2.52 bits per heavy atom. The van der Waals surface area contributed by atoms with Crippen LogP contribution in [0.25, 0.3) is 0 Å². The van der Waals surface area contributed by atoms with Crippen molar-refractivity contribution in [2.75, 3.05) is 7.05 Å². The number of nitro groups is 1. The average molecular weight is 351 g/mol. The number of benzene rings is 2. The van der Waals surface area contributed by atoms with Gasteiger partial charge in [-0.15, -0.1) is 0 Å². The number of hydrogen-bond donors (Lipinski definition) is 1. The van der Waals surface area contributed by atoms with E-state index in [1.165, 1.54) is 0 Å². The number of rotatable bonds is 3. The summed E-state index contributed by atoms with van der Waals surface area (Å²) in [5.41, 5.74) is 3.31. The molecule has 120 valence electrons. The van der Waals surface area contributed by atoms with Gasteiger partial charge in [0.2, 0.25) is 0 Å². The van der Waals surface area contributed by atoms with E-state index in [-0.39, 0.29) is 22.6 Å². The molecule has 0 aliphatic heterocycles. The second-order valence-electron chi connectivity index (χ2n) is 5.72. The van der Waals surface area contributed by atoms with Crippen LogP contribution in [0.4, 0.5) is 5.69 Å². The summed E-state index contributed by atoms with van der Waals surface area (Å²) in [7, 11) is 1.88. The van der Waals surface area contributed by atoms with Crippen LogP contribution in [0.5, 0.6) is 0 Å². The van der Waals surface area contributed by atoms with Crippen molar-refractivity contribution in [1.82, 2.24) is 5.32 Å². The van der Waals surface area contributed by atoms with Gasteiger partial charge < -0.3 is 5.32 Å². The molecule has 0 aromatic heterocycles. The maximum atomic E-state index is 11.1. The van der Waals surface area contributed by atoms with Crippen LogP contribution in [0.1, 0.15) is 41.5 Å². The molecule has 0 spiro atoms. The molecular weight excluding hydrogens is 335 g/mol. The van der Waals surface area contributed by atoms with E-state index in [0.29, 0.717) is 10.0 Å². The minimum Gasteiger partial charge on any atom is -0.313 e. The minimum atomic E-state index is -0.351. The predicted octanol–water partition coefficient (Wildman–Crippen LogP) is 5.09. The highest BCUT2D eigenvalue weighted by atomic mass is 35.5. The first kappa shape index (κ1) is 16.2. The van der Waals surface area contributed by atoms with Crippen LogP contribution in [-0.4, -0.2) is 12.0 Å². The normalized spacial score (nSPS) is 20.1. The second kappa shape index (κ2) is 6.48. The highest BCUT2D eigenvalue weighted by Crippen LogP contribution is 2.43. The third kappa shape index (κ3) is 3.07. The molecule has 6 heteroatoms. The van der Waals surface area contributed by atoms with Crippen molar-refractivity contribution in [3.8, 4) is 0 Å². The van der Waals surface area contributed by atoms with Crippen LogP contribution in [0.15, 0.2) is 36.4 Å². The highest BCUT2D eigenvalue weighted by Gasteiger charge is 2.29. The number of nitro benzene ring substituents is 1. The van der Waals surface area contributed by atoms with Gasteiger partial charge in [-0.1, -0.05) is 35.3 Å². The van der Waals surface area contributed by atoms with E-state index in [1.54, 1.807) is 18.2 Å². The number of nitrogens with one attached hydrogen (secondary N) is 1. The lowest BCUT2D eigenvalue weighted by Crippen LogP contribution is -2.24. The van der Waals surface area contributed by atoms with Crippen molar-refractivity contribution in [3.05, 3.63) is 73.2 Å². The molecule has 0 fully saturated rings. The van der Waals surface area contributed by atoms with E-state index in [9.17, 15) is 10.1 Å². The molecule has 23 heavy (non-hydrogen) atoms. The summed E-state index contributed by atoms with van der Waals surface area (Å²) < 4.78 is 0. The van der Waals surface area contributed by atoms with Gasteiger partial charge in [0.25, 0.3) is 5.69 Å². The lowest BCUT2D eigenvalue weighted by Gasteiger charge is -2.31. The molecule has 0 amide bonds. The summed E-state index contributed by atoms with van der Waals surface area (Å²) >= 11 is 12.2. The fraction of sp³-hybridized carbons (Fsp3) is 0.294. The number of halogens is 2. The molecule has 3 rings (SSSR count). The van der Waals surface area contributed by atoms with Gasteiger partial charge in [-0.25, -0.2) is 0 Å². The van der Waals surface area contributed by atoms with Gasteiger partial charge in [-0.05, 0) is 48.7 Å². The predicted molar refractivity (Wildman–Crippen MR) is 92.4 cm³/mol. The third-order valence-corrected chi connectivity index (χ3v) is 5.21. The fourth-order valence-corrected chi connectivity index (χ4v) is 3.62. The molecule has 0 saturated heterocycles. The van der Waals surface area contributed by atoms with E-state index in [4.69, 9.17) is 23.2 Å². The molecule has 1 aliphatic rings. The molecule has 2 aromatic carbocycles. The van der Waals surface area contributed by atoms with Crippen molar-refractivity contribution in [3.63, 3.8) is 0 Å². The Hall–Kier alpha value is -1.62. The number of nitrogens with zero attached hydrogens (tertiary/aromatic N) is 1. The Morgan fingerprint density at radius 2 is 1.87 bits per heavy atom. The van der Waals surface area contributed by atoms with Crippen LogP contribution in [-0.2, 0) is 0 Å². The smallest absolute Gasteiger partial charge is 0.269 e. The van der Waals surface area contributed by atoms with Crippen molar-refractivity contribution >= 4 is 28.9 Å². The Bertz CT molecular complexity index is 764. The van der Waals surface area contributed by atoms with E-state index in [1.807, 2.05) is 25.2 Å². The molecule has 0 bridgehead atoms. The minimum absolute atomic E-state index is 0.124. The third-order valence-electron chi connectivity index (χ3n) is 4.47. The average Bonchev–Trinajstić information content (AvgIpc) is 2.55. The quantitative estimate of drug-likeness (QED) is 0.619. The van der Waals surface area contributed by atoms with Gasteiger partial charge in [0.05, 0.1) is 15.0 Å². The van der Waals surface area contributed by atoms with E-state index >= 15 is 0 Å². The summed E-state index contributed by atoms with van der Waals surface area (Å²) in [6.07, 6.45) is 1.86. The van der Waals surface area contributed by atoms with Crippen LogP contribution in [0.3, 0.4) is 0 Å². The first-order valence-electron chi connectivity index (χ1n) is 7.41. The van der Waals surface area contributed by atoms with Gasteiger partial charge >= 0.3 is 0 Å². The molecule has 4 nitrogen and oxygen atoms in total. The number of non-ortho nitro benzene ring substituents is 1. The van der Waals surface area contributed by atoms with Crippen LogP contribution in [0.2, 0.25) is 10.0 Å². The molecule has 2 atom stereocenters. The maximum absolute atomic E-state index is 11.1. The molecule has 1 aliphatic carbocycles. The highest BCUT2D eigenvalue weighted by molar-refractivity contribution is 6.42. The summed E-state index contributed by atoms with van der Waals surface area (Å²) in [4.78, 5) is 10.7. The van der Waals surface area contributed by atoms with Crippen molar-refractivity contribution in [2.45, 2.75) is 24.8 Å². The fourth-order valence-electron chi connectivity index (χ4n) is 3.31. The summed E-state index contributed by atoms with van der Waals surface area (Å²) in [5.74, 6) is 0.171. The molecule has 1 N–H and O–H groups in total. The lowest BCUT2D eigenvalue weighted by atomic mass is 9.76. The molecule has 0 radical (unpaired) electrons. The van der Waals surface area contributed by atoms with Gasteiger partial charge in [0.1, 0.15) is 0 Å². The summed E-state index contributed by atoms with van der Waals surface area (Å²) in [6, 6.07) is 10.9. The van der Waals surface area contributed by atoms with Crippen molar-refractivity contribution < 1.29 is 4.92 Å². The Morgan fingerprint density at radius 1 is 1.09 bits per heavy atom. The zero-order chi connectivity index (χ0) is 16.6. The first-order chi connectivity index (χ1) is 11.0. The van der Waals surface area contributed by atoms with Crippen molar-refractivity contribution in [2.24, 2.45) is 0 Å². The van der Waals surface area contributed by atoms with Gasteiger partial charge in [0, 0.05) is 24.1 Å². The second-order valence-corrected chi connectivity index (χ2v) is 6.53. The van der Waals surface area contributed by atoms with E-state index < -0.39 is 0 Å². The largest absolute Gasteiger partial charge is 0.313 e. The van der Waals surface area contributed by atoms with Gasteiger partial charge in [-0.2, -0.15) is 0 Å². The maximum Gasteiger partial charge on any atom is 0.269 e. The standard InChI is InChI=1S/C17H16Cl2N2O2/c1-20-17-7-5-12(10-2-6-15(18)16(19)8-10)13-4-3-11(21(22)23)9-14(13)17/h2-4,6,8-9,12,17,20H,5,7H2,1H3/t12-,17-/m0/s1. The Labute approximate surface area is 144 Å². The zero-order valence-corrected chi connectivity index (χ0v) is 14.1.